The fourth-order valence-electron chi connectivity index (χ4n) is 2.79. The molecule has 4 N–H and O–H groups in total. The van der Waals surface area contributed by atoms with E-state index < -0.39 is 5.54 Å². The fourth-order valence-corrected chi connectivity index (χ4v) is 2.79. The number of rotatable bonds is 7. The Kier molecular flexibility index (Phi) is 9.49. The third kappa shape index (κ3) is 7.27. The largest absolute Gasteiger partial charge is 0.379 e. The zero-order valence-electron chi connectivity index (χ0n) is 15.2. The molecular formula is C18H28Cl2N4O3. The molecule has 1 aliphatic carbocycles. The van der Waals surface area contributed by atoms with Crippen molar-refractivity contribution in [1.82, 2.24) is 10.2 Å². The number of hydrogen-bond acceptors (Lipinski definition) is 5. The first kappa shape index (κ1) is 23.7. The summed E-state index contributed by atoms with van der Waals surface area (Å²) in [7, 11) is 0. The third-order valence-corrected chi connectivity index (χ3v) is 4.66. The summed E-state index contributed by atoms with van der Waals surface area (Å²) in [5, 5.41) is 5.77. The summed E-state index contributed by atoms with van der Waals surface area (Å²) in [5.41, 5.74) is 6.88. The van der Waals surface area contributed by atoms with Gasteiger partial charge in [0.15, 0.2) is 0 Å². The van der Waals surface area contributed by atoms with Gasteiger partial charge in [-0.1, -0.05) is 12.1 Å². The average molecular weight is 419 g/mol. The van der Waals surface area contributed by atoms with Crippen molar-refractivity contribution in [2.24, 2.45) is 5.73 Å². The number of amides is 2. The van der Waals surface area contributed by atoms with Crippen LogP contribution in [0.3, 0.4) is 0 Å². The highest BCUT2D eigenvalue weighted by molar-refractivity contribution is 5.91. The summed E-state index contributed by atoms with van der Waals surface area (Å²) in [6, 6.07) is 7.51. The quantitative estimate of drug-likeness (QED) is 0.619. The van der Waals surface area contributed by atoms with Gasteiger partial charge in [0.2, 0.25) is 11.8 Å². The summed E-state index contributed by atoms with van der Waals surface area (Å²) in [4.78, 5) is 26.2. The van der Waals surface area contributed by atoms with E-state index in [1.54, 1.807) is 0 Å². The number of carbonyl (C=O) groups excluding carboxylic acids is 2. The molecule has 0 unspecified atom stereocenters. The maximum absolute atomic E-state index is 12.1. The van der Waals surface area contributed by atoms with Gasteiger partial charge in [0.05, 0.1) is 18.8 Å². The first-order chi connectivity index (χ1) is 12.0. The van der Waals surface area contributed by atoms with Crippen molar-refractivity contribution in [3.63, 3.8) is 0 Å². The lowest BCUT2D eigenvalue weighted by Gasteiger charge is -2.26. The van der Waals surface area contributed by atoms with Crippen molar-refractivity contribution in [3.8, 4) is 0 Å². The number of hydrogen-bond donors (Lipinski definition) is 3. The van der Waals surface area contributed by atoms with Crippen molar-refractivity contribution >= 4 is 42.3 Å². The minimum atomic E-state index is -0.661. The maximum Gasteiger partial charge on any atom is 0.240 e. The molecule has 0 atom stereocenters. The van der Waals surface area contributed by atoms with Crippen LogP contribution in [0, 0.1) is 0 Å². The van der Waals surface area contributed by atoms with Gasteiger partial charge in [-0.25, -0.2) is 0 Å². The Morgan fingerprint density at radius 2 is 1.89 bits per heavy atom. The van der Waals surface area contributed by atoms with E-state index in [0.717, 1.165) is 56.9 Å². The normalized spacial score (nSPS) is 17.8. The van der Waals surface area contributed by atoms with Crippen molar-refractivity contribution in [1.29, 1.82) is 0 Å². The van der Waals surface area contributed by atoms with Crippen molar-refractivity contribution in [2.75, 3.05) is 38.2 Å². The number of nitrogens with two attached hydrogens (primary N) is 1. The Morgan fingerprint density at radius 1 is 1.19 bits per heavy atom. The number of carbonyl (C=O) groups is 2. The van der Waals surface area contributed by atoms with Gasteiger partial charge in [-0.05, 0) is 30.5 Å². The Bertz CT molecular complexity index is 635. The molecule has 1 aromatic carbocycles. The van der Waals surface area contributed by atoms with Crippen LogP contribution in [-0.2, 0) is 20.9 Å². The summed E-state index contributed by atoms with van der Waals surface area (Å²) in [6.07, 6.45) is 1.95. The Morgan fingerprint density at radius 3 is 2.56 bits per heavy atom. The van der Waals surface area contributed by atoms with E-state index in [1.165, 1.54) is 0 Å². The van der Waals surface area contributed by atoms with E-state index in [0.29, 0.717) is 13.0 Å². The lowest BCUT2D eigenvalue weighted by atomic mass is 10.2. The fraction of sp³-hybridized carbons (Fsp3) is 0.556. The minimum absolute atomic E-state index is 0. The first-order valence-electron chi connectivity index (χ1n) is 8.81. The van der Waals surface area contributed by atoms with Gasteiger partial charge >= 0.3 is 0 Å². The predicted octanol–water partition coefficient (Wildman–Crippen LogP) is 1.30. The van der Waals surface area contributed by atoms with Crippen LogP contribution in [0.4, 0.5) is 5.69 Å². The second kappa shape index (κ2) is 10.8. The molecule has 1 aliphatic heterocycles. The highest BCUT2D eigenvalue weighted by Crippen LogP contribution is 2.32. The lowest BCUT2D eigenvalue weighted by Crippen LogP contribution is -2.42. The molecular weight excluding hydrogens is 391 g/mol. The van der Waals surface area contributed by atoms with Crippen LogP contribution in [-0.4, -0.2) is 55.1 Å². The van der Waals surface area contributed by atoms with Gasteiger partial charge in [0.25, 0.3) is 0 Å². The third-order valence-electron chi connectivity index (χ3n) is 4.66. The van der Waals surface area contributed by atoms with Crippen molar-refractivity contribution in [3.05, 3.63) is 29.8 Å². The first-order valence-corrected chi connectivity index (χ1v) is 8.81. The molecule has 7 nitrogen and oxygen atoms in total. The van der Waals surface area contributed by atoms with Gasteiger partial charge in [0, 0.05) is 38.3 Å². The van der Waals surface area contributed by atoms with Crippen molar-refractivity contribution in [2.45, 2.75) is 31.3 Å². The van der Waals surface area contributed by atoms with Crippen LogP contribution in [0.2, 0.25) is 0 Å². The molecule has 0 aromatic heterocycles. The van der Waals surface area contributed by atoms with Gasteiger partial charge in [-0.15, -0.1) is 24.8 Å². The summed E-state index contributed by atoms with van der Waals surface area (Å²) < 4.78 is 5.30. The molecule has 3 rings (SSSR count). The van der Waals surface area contributed by atoms with E-state index in [4.69, 9.17) is 10.5 Å². The van der Waals surface area contributed by atoms with Gasteiger partial charge in [-0.3, -0.25) is 14.5 Å². The van der Waals surface area contributed by atoms with Gasteiger partial charge < -0.3 is 21.1 Å². The molecule has 2 amide bonds. The average Bonchev–Trinajstić information content (AvgIpc) is 3.38. The maximum atomic E-state index is 12.1. The van der Waals surface area contributed by atoms with Crippen LogP contribution in [0.25, 0.3) is 0 Å². The number of benzene rings is 1. The zero-order valence-corrected chi connectivity index (χ0v) is 16.9. The second-order valence-corrected chi connectivity index (χ2v) is 6.79. The molecule has 27 heavy (non-hydrogen) atoms. The number of nitrogens with one attached hydrogen (secondary N) is 2. The highest BCUT2D eigenvalue weighted by atomic mass is 35.5. The smallest absolute Gasteiger partial charge is 0.240 e. The molecule has 0 bridgehead atoms. The van der Waals surface area contributed by atoms with E-state index >= 15 is 0 Å². The molecule has 0 radical (unpaired) electrons. The molecule has 2 fully saturated rings. The molecule has 2 aliphatic rings. The molecule has 1 saturated carbocycles. The molecule has 9 heteroatoms. The Labute approximate surface area is 172 Å². The summed E-state index contributed by atoms with van der Waals surface area (Å²) >= 11 is 0. The van der Waals surface area contributed by atoms with Crippen LogP contribution in [0.5, 0.6) is 0 Å². The molecule has 1 saturated heterocycles. The van der Waals surface area contributed by atoms with E-state index in [-0.39, 0.29) is 36.6 Å². The van der Waals surface area contributed by atoms with E-state index in [1.807, 2.05) is 24.3 Å². The molecule has 1 heterocycles. The van der Waals surface area contributed by atoms with E-state index in [9.17, 15) is 9.59 Å². The molecule has 152 valence electrons. The minimum Gasteiger partial charge on any atom is -0.379 e. The van der Waals surface area contributed by atoms with Crippen molar-refractivity contribution < 1.29 is 14.3 Å². The zero-order chi connectivity index (χ0) is 17.7. The summed E-state index contributed by atoms with van der Waals surface area (Å²) in [5.74, 6) is -0.112. The topological polar surface area (TPSA) is 96.7 Å². The molecule has 0 spiro atoms. The number of nitrogens with zero attached hydrogens (tertiary/aromatic N) is 1. The Hall–Kier alpha value is -1.38. The molecule has 1 aromatic rings. The van der Waals surface area contributed by atoms with Crippen LogP contribution in [0.1, 0.15) is 24.8 Å². The van der Waals surface area contributed by atoms with Crippen LogP contribution >= 0.6 is 24.8 Å². The monoisotopic (exact) mass is 418 g/mol. The predicted molar refractivity (Wildman–Crippen MR) is 109 cm³/mol. The second-order valence-electron chi connectivity index (χ2n) is 6.79. The van der Waals surface area contributed by atoms with Crippen LogP contribution in [0.15, 0.2) is 24.3 Å². The van der Waals surface area contributed by atoms with E-state index in [2.05, 4.69) is 15.5 Å². The van der Waals surface area contributed by atoms with Gasteiger partial charge in [0.1, 0.15) is 0 Å². The lowest BCUT2D eigenvalue weighted by molar-refractivity contribution is -0.123. The van der Waals surface area contributed by atoms with Gasteiger partial charge in [-0.2, -0.15) is 0 Å². The number of morpholine rings is 1. The Balaban J connectivity index is 0.00000182. The SMILES string of the molecule is Cl.Cl.NC1(C(=O)NCc2cccc(NC(=O)CCN3CCOCC3)c2)CC1. The number of anilines is 1. The number of halogens is 2. The van der Waals surface area contributed by atoms with Crippen LogP contribution < -0.4 is 16.4 Å². The number of ether oxygens (including phenoxy) is 1. The summed E-state index contributed by atoms with van der Waals surface area (Å²) in [6.45, 7) is 4.38. The standard InChI is InChI=1S/C18H26N4O3.2ClH/c19-18(5-6-18)17(24)20-13-14-2-1-3-15(12-14)21-16(23)4-7-22-8-10-25-11-9-22;;/h1-3,12H,4-11,13,19H2,(H,20,24)(H,21,23);2*1H. The highest BCUT2D eigenvalue weighted by Gasteiger charge is 2.45.